The maximum Gasteiger partial charge on any atom is 0.232 e. The van der Waals surface area contributed by atoms with Crippen LogP contribution in [0.3, 0.4) is 0 Å². The molecule has 0 spiro atoms. The number of carbonyl (C=O) groups excluding carboxylic acids is 1. The van der Waals surface area contributed by atoms with E-state index in [1.54, 1.807) is 18.0 Å². The average Bonchev–Trinajstić information content (AvgIpc) is 2.87. The highest BCUT2D eigenvalue weighted by Gasteiger charge is 2.37. The predicted octanol–water partition coefficient (Wildman–Crippen LogP) is 0.313. The van der Waals surface area contributed by atoms with Gasteiger partial charge in [-0.25, -0.2) is 4.68 Å². The third kappa shape index (κ3) is 2.01. The molecule has 0 radical (unpaired) electrons. The number of hydrogen-bond acceptors (Lipinski definition) is 5. The number of ether oxygens (including phenoxy) is 1. The first-order valence-electron chi connectivity index (χ1n) is 6.07. The van der Waals surface area contributed by atoms with E-state index in [0.717, 1.165) is 18.7 Å². The quantitative estimate of drug-likeness (QED) is 0.773. The first-order chi connectivity index (χ1) is 8.79. The SMILES string of the molecule is CSCC(=O)N1CC[C@H]2OCc3cnnn3[C@H]2C1. The van der Waals surface area contributed by atoms with Gasteiger partial charge < -0.3 is 9.64 Å². The van der Waals surface area contributed by atoms with E-state index in [1.807, 2.05) is 15.8 Å². The fourth-order valence-electron chi connectivity index (χ4n) is 2.62. The Bertz CT molecular complexity index is 450. The zero-order chi connectivity index (χ0) is 12.5. The summed E-state index contributed by atoms with van der Waals surface area (Å²) in [6.07, 6.45) is 4.73. The van der Waals surface area contributed by atoms with Crippen LogP contribution >= 0.6 is 11.8 Å². The second-order valence-corrected chi connectivity index (χ2v) is 5.51. The lowest BCUT2D eigenvalue weighted by Gasteiger charge is -2.40. The minimum atomic E-state index is 0.121. The number of hydrogen-bond donors (Lipinski definition) is 0. The second-order valence-electron chi connectivity index (χ2n) is 4.65. The van der Waals surface area contributed by atoms with Gasteiger partial charge in [-0.15, -0.1) is 5.10 Å². The van der Waals surface area contributed by atoms with Gasteiger partial charge in [-0.2, -0.15) is 11.8 Å². The monoisotopic (exact) mass is 268 g/mol. The van der Waals surface area contributed by atoms with Gasteiger partial charge in [0.2, 0.25) is 5.91 Å². The topological polar surface area (TPSA) is 60.3 Å². The maximum absolute atomic E-state index is 11.9. The summed E-state index contributed by atoms with van der Waals surface area (Å²) in [5, 5.41) is 8.05. The summed E-state index contributed by atoms with van der Waals surface area (Å²) < 4.78 is 7.73. The van der Waals surface area contributed by atoms with Gasteiger partial charge in [0.25, 0.3) is 0 Å². The summed E-state index contributed by atoms with van der Waals surface area (Å²) in [4.78, 5) is 13.9. The Morgan fingerprint density at radius 3 is 3.39 bits per heavy atom. The minimum Gasteiger partial charge on any atom is -0.370 e. The van der Waals surface area contributed by atoms with Crippen LogP contribution in [-0.2, 0) is 16.1 Å². The van der Waals surface area contributed by atoms with Crippen molar-refractivity contribution in [2.45, 2.75) is 25.2 Å². The first kappa shape index (κ1) is 12.0. The summed E-state index contributed by atoms with van der Waals surface area (Å²) in [5.41, 5.74) is 0.996. The molecule has 2 aliphatic rings. The number of likely N-dealkylation sites (tertiary alicyclic amines) is 1. The molecule has 2 atom stereocenters. The lowest BCUT2D eigenvalue weighted by molar-refractivity contribution is -0.135. The molecule has 1 fully saturated rings. The lowest BCUT2D eigenvalue weighted by atomic mass is 10.0. The highest BCUT2D eigenvalue weighted by atomic mass is 32.2. The van der Waals surface area contributed by atoms with Gasteiger partial charge in [0.15, 0.2) is 0 Å². The zero-order valence-electron chi connectivity index (χ0n) is 10.3. The van der Waals surface area contributed by atoms with E-state index in [0.29, 0.717) is 18.9 Å². The van der Waals surface area contributed by atoms with E-state index in [4.69, 9.17) is 4.74 Å². The normalized spacial score (nSPS) is 26.6. The smallest absolute Gasteiger partial charge is 0.232 e. The van der Waals surface area contributed by atoms with Crippen molar-refractivity contribution in [2.24, 2.45) is 0 Å². The Morgan fingerprint density at radius 2 is 2.56 bits per heavy atom. The summed E-state index contributed by atoms with van der Waals surface area (Å²) >= 11 is 1.56. The zero-order valence-corrected chi connectivity index (χ0v) is 11.1. The molecule has 7 heteroatoms. The van der Waals surface area contributed by atoms with Crippen LogP contribution in [-0.4, -0.2) is 57.0 Å². The fourth-order valence-corrected chi connectivity index (χ4v) is 3.05. The molecule has 1 amide bonds. The van der Waals surface area contributed by atoms with Crippen molar-refractivity contribution in [3.63, 3.8) is 0 Å². The van der Waals surface area contributed by atoms with Gasteiger partial charge in [-0.1, -0.05) is 5.21 Å². The summed E-state index contributed by atoms with van der Waals surface area (Å²) in [7, 11) is 0. The number of rotatable bonds is 2. The Morgan fingerprint density at radius 1 is 1.67 bits per heavy atom. The second kappa shape index (κ2) is 4.89. The van der Waals surface area contributed by atoms with Gasteiger partial charge >= 0.3 is 0 Å². The number of thioether (sulfide) groups is 1. The van der Waals surface area contributed by atoms with E-state index >= 15 is 0 Å². The summed E-state index contributed by atoms with van der Waals surface area (Å²) in [5.74, 6) is 0.746. The molecule has 0 N–H and O–H groups in total. The van der Waals surface area contributed by atoms with Crippen molar-refractivity contribution >= 4 is 17.7 Å². The van der Waals surface area contributed by atoms with E-state index in [-0.39, 0.29) is 18.1 Å². The molecule has 3 rings (SSSR count). The van der Waals surface area contributed by atoms with Crippen molar-refractivity contribution in [3.8, 4) is 0 Å². The molecular weight excluding hydrogens is 252 g/mol. The van der Waals surface area contributed by atoms with Gasteiger partial charge in [-0.3, -0.25) is 4.79 Å². The van der Waals surface area contributed by atoms with Gasteiger partial charge in [0.1, 0.15) is 0 Å². The molecule has 0 aliphatic carbocycles. The number of aromatic nitrogens is 3. The molecule has 1 aromatic rings. The molecule has 98 valence electrons. The van der Waals surface area contributed by atoms with E-state index in [1.165, 1.54) is 0 Å². The molecule has 3 heterocycles. The summed E-state index contributed by atoms with van der Waals surface area (Å²) in [6, 6.07) is 0.121. The van der Waals surface area contributed by atoms with Crippen molar-refractivity contribution in [2.75, 3.05) is 25.1 Å². The third-order valence-corrected chi connectivity index (χ3v) is 4.08. The van der Waals surface area contributed by atoms with Crippen LogP contribution < -0.4 is 0 Å². The highest BCUT2D eigenvalue weighted by molar-refractivity contribution is 7.99. The van der Waals surface area contributed by atoms with Gasteiger partial charge in [0, 0.05) is 13.1 Å². The molecule has 0 aromatic carbocycles. The molecule has 6 nitrogen and oxygen atoms in total. The lowest BCUT2D eigenvalue weighted by Crippen LogP contribution is -2.50. The van der Waals surface area contributed by atoms with Crippen molar-refractivity contribution < 1.29 is 9.53 Å². The molecule has 18 heavy (non-hydrogen) atoms. The molecule has 0 saturated carbocycles. The van der Waals surface area contributed by atoms with Crippen molar-refractivity contribution in [3.05, 3.63) is 11.9 Å². The summed E-state index contributed by atoms with van der Waals surface area (Å²) in [6.45, 7) is 2.04. The van der Waals surface area contributed by atoms with Crippen LogP contribution in [0.25, 0.3) is 0 Å². The van der Waals surface area contributed by atoms with E-state index in [2.05, 4.69) is 10.3 Å². The van der Waals surface area contributed by atoms with Crippen LogP contribution in [0.2, 0.25) is 0 Å². The molecule has 0 bridgehead atoms. The van der Waals surface area contributed by atoms with Crippen LogP contribution in [0.4, 0.5) is 0 Å². The molecular formula is C11H16N4O2S. The number of piperidine rings is 1. The van der Waals surface area contributed by atoms with Crippen LogP contribution in [0, 0.1) is 0 Å². The number of carbonyl (C=O) groups is 1. The molecule has 0 unspecified atom stereocenters. The third-order valence-electron chi connectivity index (χ3n) is 3.55. The largest absolute Gasteiger partial charge is 0.370 e. The van der Waals surface area contributed by atoms with Crippen LogP contribution in [0.15, 0.2) is 6.20 Å². The predicted molar refractivity (Wildman–Crippen MR) is 67.2 cm³/mol. The maximum atomic E-state index is 11.9. The molecule has 1 aromatic heterocycles. The van der Waals surface area contributed by atoms with Crippen LogP contribution in [0.5, 0.6) is 0 Å². The van der Waals surface area contributed by atoms with E-state index in [9.17, 15) is 4.79 Å². The number of nitrogens with zero attached hydrogens (tertiary/aromatic N) is 4. The van der Waals surface area contributed by atoms with Crippen molar-refractivity contribution in [1.29, 1.82) is 0 Å². The standard InChI is InChI=1S/C11H16N4O2S/c1-18-7-11(16)14-3-2-10-9(5-14)15-8(6-17-10)4-12-13-15/h4,9-10H,2-3,5-7H2,1H3/t9-,10+/m0/s1. The fraction of sp³-hybridized carbons (Fsp3) is 0.727. The highest BCUT2D eigenvalue weighted by Crippen LogP contribution is 2.30. The van der Waals surface area contributed by atoms with Gasteiger partial charge in [0.05, 0.1) is 36.4 Å². The minimum absolute atomic E-state index is 0.121. The number of fused-ring (bicyclic) bond motifs is 3. The van der Waals surface area contributed by atoms with Crippen LogP contribution in [0.1, 0.15) is 18.2 Å². The molecule has 2 aliphatic heterocycles. The van der Waals surface area contributed by atoms with Gasteiger partial charge in [-0.05, 0) is 12.7 Å². The molecule has 1 saturated heterocycles. The Kier molecular flexibility index (Phi) is 3.25. The number of amides is 1. The van der Waals surface area contributed by atoms with Crippen molar-refractivity contribution in [1.82, 2.24) is 19.9 Å². The first-order valence-corrected chi connectivity index (χ1v) is 7.46. The van der Waals surface area contributed by atoms with E-state index < -0.39 is 0 Å². The Balaban J connectivity index is 1.77. The average molecular weight is 268 g/mol. The Labute approximate surface area is 110 Å². The Hall–Kier alpha value is -1.08.